The Kier molecular flexibility index (Phi) is 23.6. The highest BCUT2D eigenvalue weighted by Crippen LogP contribution is 2.48. The first-order chi connectivity index (χ1) is 34.6. The van der Waals surface area contributed by atoms with Crippen molar-refractivity contribution in [3.05, 3.63) is 35.9 Å². The maximum absolute atomic E-state index is 14.9. The van der Waals surface area contributed by atoms with E-state index in [1.54, 1.807) is 20.8 Å². The number of likely N-dealkylation sites (tertiary alicyclic amines) is 1. The molecule has 404 valence electrons. The van der Waals surface area contributed by atoms with Crippen LogP contribution >= 0.6 is 21.6 Å². The highest BCUT2D eigenvalue weighted by Gasteiger charge is 2.42. The maximum Gasteiger partial charge on any atom is 0.246 e. The van der Waals surface area contributed by atoms with Gasteiger partial charge in [0.2, 0.25) is 59.1 Å². The molecule has 3 aliphatic rings. The molecule has 2 heterocycles. The third-order valence-electron chi connectivity index (χ3n) is 13.2. The van der Waals surface area contributed by atoms with E-state index < -0.39 is 131 Å². The third kappa shape index (κ3) is 18.7. The lowest BCUT2D eigenvalue weighted by Gasteiger charge is -2.37. The Balaban J connectivity index is 1.74. The van der Waals surface area contributed by atoms with Crippen molar-refractivity contribution in [2.45, 2.75) is 158 Å². The molecule has 1 spiro atoms. The van der Waals surface area contributed by atoms with Crippen LogP contribution in [0.3, 0.4) is 0 Å². The summed E-state index contributed by atoms with van der Waals surface area (Å²) in [5, 5.41) is 18.9. The van der Waals surface area contributed by atoms with Gasteiger partial charge in [0.15, 0.2) is 5.96 Å². The van der Waals surface area contributed by atoms with Crippen LogP contribution in [0, 0.1) is 11.8 Å². The molecule has 3 fully saturated rings. The Morgan fingerprint density at radius 2 is 1.47 bits per heavy atom. The van der Waals surface area contributed by atoms with E-state index in [0.717, 1.165) is 24.8 Å². The zero-order valence-corrected chi connectivity index (χ0v) is 43.8. The molecule has 23 nitrogen and oxygen atoms in total. The van der Waals surface area contributed by atoms with Crippen LogP contribution in [-0.2, 0) is 54.4 Å². The van der Waals surface area contributed by atoms with Gasteiger partial charge in [-0.05, 0) is 55.9 Å². The summed E-state index contributed by atoms with van der Waals surface area (Å²) in [4.78, 5) is 143. The van der Waals surface area contributed by atoms with Crippen molar-refractivity contribution in [3.8, 4) is 0 Å². The standard InChI is InChI=1S/C48H75N13O10S2/c1-5-28(4)39-45(70)59-38(27(2)3)44(69)57-32(23-35(49)62)41(66)58-33(46(71)61-21-13-17-34(61)43(68)56-30(16-12-20-53-47(51)52)40(65)54-25-36(50)63)26-72-73-48(18-10-7-11-19-48)24-37(64)55-31(42(67)60-39)22-29-14-8-6-9-15-29/h6,8-9,14-15,27-28,30-34,38-39H,5,7,10-13,16-26H2,1-4H3,(H2,49,62)(H2,50,63)(H,54,65)(H,55,64)(H,56,68)(H,57,69)(H,58,66)(H,59,70)(H,60,67)(H4,51,52,53)/t28-,30-,31+,32+,33+,34-,38-,39+/m0/s1. The topological polar surface area (TPSA) is 375 Å². The highest BCUT2D eigenvalue weighted by molar-refractivity contribution is 8.77. The molecular formula is C48H75N13O10S2. The second kappa shape index (κ2) is 29.0. The number of nitrogens with two attached hydrogens (primary N) is 4. The second-order valence-electron chi connectivity index (χ2n) is 19.4. The summed E-state index contributed by atoms with van der Waals surface area (Å²) in [6.07, 6.45) is 4.49. The van der Waals surface area contributed by atoms with E-state index in [-0.39, 0.29) is 56.9 Å². The summed E-state index contributed by atoms with van der Waals surface area (Å²) in [5.41, 5.74) is 22.5. The van der Waals surface area contributed by atoms with Crippen molar-refractivity contribution >= 4 is 86.6 Å². The van der Waals surface area contributed by atoms with Gasteiger partial charge in [-0.2, -0.15) is 0 Å². The summed E-state index contributed by atoms with van der Waals surface area (Å²) in [6, 6.07) is 0.287. The van der Waals surface area contributed by atoms with Gasteiger partial charge in [-0.1, -0.05) is 105 Å². The molecule has 0 radical (unpaired) electrons. The molecule has 8 atom stereocenters. The fourth-order valence-electron chi connectivity index (χ4n) is 9.00. The van der Waals surface area contributed by atoms with E-state index >= 15 is 0 Å². The lowest BCUT2D eigenvalue weighted by Crippen LogP contribution is -2.62. The number of nitrogens with one attached hydrogen (secondary N) is 7. The van der Waals surface area contributed by atoms with Crippen molar-refractivity contribution in [3.63, 3.8) is 0 Å². The number of amides is 10. The Labute approximate surface area is 434 Å². The number of hydrogen-bond acceptors (Lipinski definition) is 13. The minimum Gasteiger partial charge on any atom is -0.370 e. The molecule has 1 aromatic carbocycles. The average Bonchev–Trinajstić information content (AvgIpc) is 3.84. The molecule has 1 aliphatic carbocycles. The number of nitrogens with zero attached hydrogens (tertiary/aromatic N) is 2. The van der Waals surface area contributed by atoms with Gasteiger partial charge >= 0.3 is 0 Å². The van der Waals surface area contributed by atoms with Crippen molar-refractivity contribution in [2.24, 2.45) is 39.8 Å². The van der Waals surface area contributed by atoms with Crippen molar-refractivity contribution in [1.82, 2.24) is 42.1 Å². The van der Waals surface area contributed by atoms with Crippen molar-refractivity contribution in [2.75, 3.05) is 25.4 Å². The van der Waals surface area contributed by atoms with E-state index in [0.29, 0.717) is 25.7 Å². The zero-order valence-electron chi connectivity index (χ0n) is 42.2. The molecular weight excluding hydrogens is 983 g/mol. The van der Waals surface area contributed by atoms with Crippen LogP contribution < -0.4 is 60.2 Å². The Hall–Kier alpha value is -6.11. The molecule has 0 unspecified atom stereocenters. The SMILES string of the molecule is CC[C@H](C)[C@H]1NC(=O)[C@@H](Cc2ccccc2)NC(=O)CC2(CCCCC2)SSC[C@H](C(=O)N2CCC[C@H]2C(=O)N[C@@H](CCCN=C(N)N)C(=O)NCC(N)=O)NC(=O)[C@@H](CC(N)=O)NC(=O)[C@H](C(C)C)NC1=O. The number of guanidine groups is 1. The molecule has 1 aromatic rings. The Morgan fingerprint density at radius 3 is 2.10 bits per heavy atom. The molecule has 25 heteroatoms. The minimum atomic E-state index is -1.63. The van der Waals surface area contributed by atoms with E-state index in [1.807, 2.05) is 37.3 Å². The smallest absolute Gasteiger partial charge is 0.246 e. The first-order valence-corrected chi connectivity index (χ1v) is 27.3. The third-order valence-corrected chi connectivity index (χ3v) is 16.5. The monoisotopic (exact) mass is 1060 g/mol. The van der Waals surface area contributed by atoms with Crippen LogP contribution in [0.15, 0.2) is 35.3 Å². The molecule has 1 saturated carbocycles. The van der Waals surface area contributed by atoms with E-state index in [9.17, 15) is 47.9 Å². The summed E-state index contributed by atoms with van der Waals surface area (Å²) >= 11 is 0. The number of aliphatic imine (C=N–C) groups is 1. The van der Waals surface area contributed by atoms with Gasteiger partial charge < -0.3 is 65.1 Å². The van der Waals surface area contributed by atoms with Gasteiger partial charge in [0.05, 0.1) is 13.0 Å². The summed E-state index contributed by atoms with van der Waals surface area (Å²) < 4.78 is -0.673. The number of carbonyl (C=O) groups is 10. The molecule has 73 heavy (non-hydrogen) atoms. The number of benzene rings is 1. The van der Waals surface area contributed by atoms with Crippen LogP contribution in [0.4, 0.5) is 0 Å². The summed E-state index contributed by atoms with van der Waals surface area (Å²) in [7, 11) is 2.61. The van der Waals surface area contributed by atoms with Crippen LogP contribution in [-0.4, -0.2) is 142 Å². The molecule has 4 rings (SSSR count). The molecule has 2 aliphatic heterocycles. The first-order valence-electron chi connectivity index (χ1n) is 25.0. The van der Waals surface area contributed by atoms with E-state index in [1.165, 1.54) is 26.5 Å². The predicted molar refractivity (Wildman–Crippen MR) is 277 cm³/mol. The van der Waals surface area contributed by atoms with Crippen LogP contribution in [0.25, 0.3) is 0 Å². The predicted octanol–water partition coefficient (Wildman–Crippen LogP) is -1.15. The Bertz CT molecular complexity index is 2160. The highest BCUT2D eigenvalue weighted by atomic mass is 33.1. The summed E-state index contributed by atoms with van der Waals surface area (Å²) in [5.74, 6) is -8.64. The molecule has 2 saturated heterocycles. The van der Waals surface area contributed by atoms with Gasteiger partial charge in [-0.25, -0.2) is 0 Å². The lowest BCUT2D eigenvalue weighted by atomic mass is 9.85. The fraction of sp³-hybridized carbons (Fsp3) is 0.646. The van der Waals surface area contributed by atoms with Crippen LogP contribution in [0.5, 0.6) is 0 Å². The maximum atomic E-state index is 14.9. The zero-order chi connectivity index (χ0) is 53.8. The minimum absolute atomic E-state index is 0.000777. The number of rotatable bonds is 17. The molecule has 0 aromatic heterocycles. The fourth-order valence-corrected chi connectivity index (χ4v) is 12.4. The van der Waals surface area contributed by atoms with Crippen molar-refractivity contribution in [1.29, 1.82) is 0 Å². The van der Waals surface area contributed by atoms with Gasteiger partial charge in [-0.15, -0.1) is 0 Å². The second-order valence-corrected chi connectivity index (χ2v) is 22.2. The lowest BCUT2D eigenvalue weighted by molar-refractivity contribution is -0.142. The van der Waals surface area contributed by atoms with E-state index in [2.05, 4.69) is 42.2 Å². The van der Waals surface area contributed by atoms with Gasteiger partial charge in [0.25, 0.3) is 0 Å². The normalized spacial score (nSPS) is 24.3. The van der Waals surface area contributed by atoms with Crippen molar-refractivity contribution < 1.29 is 47.9 Å². The quantitative estimate of drug-likeness (QED) is 0.0380. The van der Waals surface area contributed by atoms with Crippen LogP contribution in [0.2, 0.25) is 0 Å². The van der Waals surface area contributed by atoms with Gasteiger partial charge in [0.1, 0.15) is 42.3 Å². The van der Waals surface area contributed by atoms with Gasteiger partial charge in [0, 0.05) is 36.4 Å². The first kappa shape index (κ1) is 59.5. The summed E-state index contributed by atoms with van der Waals surface area (Å²) in [6.45, 7) is 6.64. The molecule has 0 bridgehead atoms. The number of carbonyl (C=O) groups excluding carboxylic acids is 10. The molecule has 10 amide bonds. The van der Waals surface area contributed by atoms with E-state index in [4.69, 9.17) is 22.9 Å². The van der Waals surface area contributed by atoms with Crippen LogP contribution in [0.1, 0.15) is 110 Å². The number of hydrogen-bond donors (Lipinski definition) is 11. The largest absolute Gasteiger partial charge is 0.370 e. The number of primary amides is 2. The Morgan fingerprint density at radius 1 is 0.808 bits per heavy atom. The molecule has 15 N–H and O–H groups in total. The average molecular weight is 1060 g/mol. The van der Waals surface area contributed by atoms with Gasteiger partial charge in [-0.3, -0.25) is 52.9 Å².